The van der Waals surface area contributed by atoms with Gasteiger partial charge in [0.05, 0.1) is 17.9 Å². The average molecular weight is 460 g/mol. The first-order valence-electron chi connectivity index (χ1n) is 12.4. The van der Waals surface area contributed by atoms with Gasteiger partial charge in [-0.2, -0.15) is 0 Å². The molecule has 1 heterocycles. The van der Waals surface area contributed by atoms with Gasteiger partial charge in [-0.3, -0.25) is 14.9 Å². The number of rotatable bonds is 9. The predicted octanol–water partition coefficient (Wildman–Crippen LogP) is 4.44. The zero-order valence-electron chi connectivity index (χ0n) is 20.6. The molecule has 6 heteroatoms. The van der Waals surface area contributed by atoms with E-state index >= 15 is 0 Å². The molecule has 33 heavy (non-hydrogen) atoms. The molecule has 0 saturated carbocycles. The molecule has 0 radical (unpaired) electrons. The Bertz CT molecular complexity index is 800. The van der Waals surface area contributed by atoms with Crippen molar-refractivity contribution >= 4 is 11.9 Å². The van der Waals surface area contributed by atoms with Crippen molar-refractivity contribution in [3.8, 4) is 0 Å². The average Bonchev–Trinajstić information content (AvgIpc) is 2.77. The van der Waals surface area contributed by atoms with Crippen LogP contribution in [0.25, 0.3) is 0 Å². The van der Waals surface area contributed by atoms with Crippen molar-refractivity contribution in [3.63, 3.8) is 0 Å². The van der Waals surface area contributed by atoms with Gasteiger partial charge in [-0.1, -0.05) is 38.2 Å². The fourth-order valence-electron chi connectivity index (χ4n) is 5.43. The Hall–Kier alpha value is -1.92. The van der Waals surface area contributed by atoms with Crippen LogP contribution in [0.5, 0.6) is 0 Å². The number of fused-ring (bicyclic) bond motifs is 1. The number of allylic oxidation sites excluding steroid dienone is 3. The zero-order valence-corrected chi connectivity index (χ0v) is 20.6. The van der Waals surface area contributed by atoms with Crippen molar-refractivity contribution in [2.75, 3.05) is 6.73 Å². The van der Waals surface area contributed by atoms with Crippen LogP contribution in [0.3, 0.4) is 0 Å². The van der Waals surface area contributed by atoms with E-state index in [1.54, 1.807) is 0 Å². The molecule has 3 aliphatic rings. The second kappa shape index (κ2) is 10.6. The van der Waals surface area contributed by atoms with Gasteiger partial charge in [-0.05, 0) is 69.3 Å². The number of carbonyl (C=O) groups is 2. The van der Waals surface area contributed by atoms with Crippen molar-refractivity contribution < 1.29 is 24.2 Å². The molecule has 0 unspecified atom stereocenters. The van der Waals surface area contributed by atoms with Gasteiger partial charge < -0.3 is 14.6 Å². The first kappa shape index (κ1) is 25.7. The highest BCUT2D eigenvalue weighted by molar-refractivity contribution is 5.75. The fraction of sp³-hybridized carbons (Fsp3) is 0.704. The van der Waals surface area contributed by atoms with E-state index in [0.717, 1.165) is 25.7 Å². The van der Waals surface area contributed by atoms with E-state index in [1.807, 2.05) is 26.8 Å². The molecule has 0 aromatic rings. The minimum absolute atomic E-state index is 0.0832. The molecule has 1 saturated heterocycles. The Morgan fingerprint density at radius 1 is 1.42 bits per heavy atom. The van der Waals surface area contributed by atoms with Gasteiger partial charge in [-0.15, -0.1) is 6.58 Å². The Morgan fingerprint density at radius 2 is 2.18 bits per heavy atom. The molecule has 3 rings (SSSR count). The Kier molecular flexibility index (Phi) is 8.22. The van der Waals surface area contributed by atoms with Gasteiger partial charge in [0.1, 0.15) is 12.8 Å². The predicted molar refractivity (Wildman–Crippen MR) is 128 cm³/mol. The molecule has 0 aromatic heterocycles. The van der Waals surface area contributed by atoms with Gasteiger partial charge in [-0.25, -0.2) is 0 Å². The molecule has 1 fully saturated rings. The SMILES string of the molecule is C=C[C@H]1C=C2C=C[C@H](C)[C@H](CC[C@@H]3C[C@@H](O)CC(=O)O3)[C@@]2(NCOC(=O)C(C)(C)CC)CC1. The number of hydrogen-bond donors (Lipinski definition) is 2. The van der Waals surface area contributed by atoms with Crippen LogP contribution in [0.2, 0.25) is 0 Å². The highest BCUT2D eigenvalue weighted by Gasteiger charge is 2.47. The molecule has 6 atom stereocenters. The summed E-state index contributed by atoms with van der Waals surface area (Å²) in [6, 6.07) is 0. The van der Waals surface area contributed by atoms with Gasteiger partial charge >= 0.3 is 11.9 Å². The molecular weight excluding hydrogens is 418 g/mol. The van der Waals surface area contributed by atoms with Gasteiger partial charge in [0, 0.05) is 12.0 Å². The summed E-state index contributed by atoms with van der Waals surface area (Å²) < 4.78 is 11.2. The van der Waals surface area contributed by atoms with E-state index in [4.69, 9.17) is 9.47 Å². The van der Waals surface area contributed by atoms with Crippen molar-refractivity contribution in [3.05, 3.63) is 36.5 Å². The summed E-state index contributed by atoms with van der Waals surface area (Å²) in [7, 11) is 0. The molecule has 184 valence electrons. The van der Waals surface area contributed by atoms with Gasteiger partial charge in [0.15, 0.2) is 0 Å². The van der Waals surface area contributed by atoms with Crippen molar-refractivity contribution in [2.45, 2.75) is 90.4 Å². The Labute approximate surface area is 198 Å². The van der Waals surface area contributed by atoms with Crippen LogP contribution in [-0.2, 0) is 19.1 Å². The van der Waals surface area contributed by atoms with Crippen LogP contribution in [0.4, 0.5) is 0 Å². The minimum Gasteiger partial charge on any atom is -0.462 e. The monoisotopic (exact) mass is 459 g/mol. The lowest BCUT2D eigenvalue weighted by molar-refractivity contribution is -0.160. The summed E-state index contributed by atoms with van der Waals surface area (Å²) in [6.07, 6.45) is 12.6. The standard InChI is InChI=1S/C27H41NO5/c1-6-19-12-13-27(28-17-32-25(31)26(4,5)7-2)20(14-19)9-8-18(3)23(27)11-10-22-15-21(29)16-24(30)33-22/h6,8-9,14,18-19,21-23,28-29H,1,7,10-13,15-17H2,2-5H3/t18-,19+,21+,22+,23-,27+/m0/s1. The Morgan fingerprint density at radius 3 is 2.85 bits per heavy atom. The van der Waals surface area contributed by atoms with Gasteiger partial charge in [0.2, 0.25) is 0 Å². The molecule has 0 spiro atoms. The maximum Gasteiger partial charge on any atom is 0.312 e. The number of nitrogens with one attached hydrogen (secondary N) is 1. The number of ether oxygens (including phenoxy) is 2. The number of carbonyl (C=O) groups excluding carboxylic acids is 2. The normalized spacial score (nSPS) is 34.2. The third-order valence-electron chi connectivity index (χ3n) is 7.99. The highest BCUT2D eigenvalue weighted by atomic mass is 16.5. The largest absolute Gasteiger partial charge is 0.462 e. The number of cyclic esters (lactones) is 1. The molecule has 2 aliphatic carbocycles. The molecule has 0 bridgehead atoms. The molecule has 0 aromatic carbocycles. The van der Waals surface area contributed by atoms with E-state index < -0.39 is 11.5 Å². The van der Waals surface area contributed by atoms with E-state index in [1.165, 1.54) is 5.57 Å². The summed E-state index contributed by atoms with van der Waals surface area (Å²) in [4.78, 5) is 24.4. The molecule has 1 aliphatic heterocycles. The lowest BCUT2D eigenvalue weighted by Gasteiger charge is -2.50. The van der Waals surface area contributed by atoms with E-state index in [0.29, 0.717) is 24.7 Å². The van der Waals surface area contributed by atoms with Crippen LogP contribution < -0.4 is 5.32 Å². The summed E-state index contributed by atoms with van der Waals surface area (Å²) in [5.41, 5.74) is 0.388. The maximum atomic E-state index is 12.6. The second-order valence-electron chi connectivity index (χ2n) is 10.6. The van der Waals surface area contributed by atoms with E-state index in [9.17, 15) is 14.7 Å². The Balaban J connectivity index is 1.78. The third-order valence-corrected chi connectivity index (χ3v) is 7.99. The highest BCUT2D eigenvalue weighted by Crippen LogP contribution is 2.47. The number of hydrogen-bond acceptors (Lipinski definition) is 6. The maximum absolute atomic E-state index is 12.6. The van der Waals surface area contributed by atoms with Crippen molar-refractivity contribution in [2.24, 2.45) is 23.2 Å². The first-order valence-corrected chi connectivity index (χ1v) is 12.4. The molecule has 2 N–H and O–H groups in total. The molecule has 0 amide bonds. The molecular formula is C27H41NO5. The summed E-state index contributed by atoms with van der Waals surface area (Å²) in [5.74, 6) is 0.362. The zero-order chi connectivity index (χ0) is 24.2. The lowest BCUT2D eigenvalue weighted by atomic mass is 9.61. The van der Waals surface area contributed by atoms with Crippen LogP contribution in [0, 0.1) is 23.2 Å². The topological polar surface area (TPSA) is 84.9 Å². The smallest absolute Gasteiger partial charge is 0.312 e. The van der Waals surface area contributed by atoms with Crippen LogP contribution in [-0.4, -0.2) is 41.5 Å². The molecule has 6 nitrogen and oxygen atoms in total. The van der Waals surface area contributed by atoms with E-state index in [2.05, 4.69) is 37.0 Å². The minimum atomic E-state index is -0.619. The number of aliphatic hydroxyl groups excluding tert-OH is 1. The second-order valence-corrected chi connectivity index (χ2v) is 10.6. The fourth-order valence-corrected chi connectivity index (χ4v) is 5.43. The van der Waals surface area contributed by atoms with Crippen LogP contribution in [0.1, 0.15) is 72.6 Å². The number of esters is 2. The quantitative estimate of drug-likeness (QED) is 0.301. The van der Waals surface area contributed by atoms with E-state index in [-0.39, 0.29) is 42.7 Å². The summed E-state index contributed by atoms with van der Waals surface area (Å²) >= 11 is 0. The summed E-state index contributed by atoms with van der Waals surface area (Å²) in [6.45, 7) is 12.2. The van der Waals surface area contributed by atoms with Crippen molar-refractivity contribution in [1.82, 2.24) is 5.32 Å². The number of aliphatic hydroxyl groups is 1. The van der Waals surface area contributed by atoms with Gasteiger partial charge in [0.25, 0.3) is 0 Å². The van der Waals surface area contributed by atoms with Crippen molar-refractivity contribution in [1.29, 1.82) is 0 Å². The first-order chi connectivity index (χ1) is 15.6. The summed E-state index contributed by atoms with van der Waals surface area (Å²) in [5, 5.41) is 13.6. The lowest BCUT2D eigenvalue weighted by Crippen LogP contribution is -2.58. The van der Waals surface area contributed by atoms with Crippen LogP contribution in [0.15, 0.2) is 36.5 Å². The third kappa shape index (κ3) is 5.78. The van der Waals surface area contributed by atoms with Crippen LogP contribution >= 0.6 is 0 Å².